The molecule has 23 heavy (non-hydrogen) atoms. The van der Waals surface area contributed by atoms with E-state index in [9.17, 15) is 14.0 Å². The van der Waals surface area contributed by atoms with E-state index in [0.29, 0.717) is 37.8 Å². The fourth-order valence-electron chi connectivity index (χ4n) is 2.80. The number of benzene rings is 1. The molecule has 2 aliphatic rings. The van der Waals surface area contributed by atoms with E-state index in [1.807, 2.05) is 6.92 Å². The van der Waals surface area contributed by atoms with Gasteiger partial charge in [-0.05, 0) is 44.0 Å². The van der Waals surface area contributed by atoms with E-state index < -0.39 is 0 Å². The van der Waals surface area contributed by atoms with Gasteiger partial charge in [0.1, 0.15) is 5.82 Å². The molecule has 1 aliphatic carbocycles. The van der Waals surface area contributed by atoms with Crippen molar-refractivity contribution in [1.29, 1.82) is 0 Å². The second-order valence-electron chi connectivity index (χ2n) is 6.29. The zero-order valence-electron chi connectivity index (χ0n) is 13.3. The third kappa shape index (κ3) is 3.88. The minimum absolute atomic E-state index is 0.0748. The van der Waals surface area contributed by atoms with Gasteiger partial charge in [-0.2, -0.15) is 0 Å². The molecule has 2 fully saturated rings. The van der Waals surface area contributed by atoms with Gasteiger partial charge in [-0.25, -0.2) is 4.39 Å². The zero-order chi connectivity index (χ0) is 16.4. The third-order valence-corrected chi connectivity index (χ3v) is 4.54. The van der Waals surface area contributed by atoms with Gasteiger partial charge in [-0.15, -0.1) is 0 Å². The summed E-state index contributed by atoms with van der Waals surface area (Å²) in [6.45, 7) is 4.42. The molecule has 1 aromatic rings. The van der Waals surface area contributed by atoms with Gasteiger partial charge in [0, 0.05) is 37.8 Å². The van der Waals surface area contributed by atoms with Crippen LogP contribution in [0.3, 0.4) is 0 Å². The summed E-state index contributed by atoms with van der Waals surface area (Å²) in [5.74, 6) is -0.354. The Balaban J connectivity index is 1.52. The summed E-state index contributed by atoms with van der Waals surface area (Å²) in [5.41, 5.74) is 0.499. The number of halogens is 1. The lowest BCUT2D eigenvalue weighted by Crippen LogP contribution is -2.55. The number of nitrogens with one attached hydrogen (secondary N) is 1. The van der Waals surface area contributed by atoms with Gasteiger partial charge >= 0.3 is 0 Å². The maximum Gasteiger partial charge on any atom is 0.253 e. The van der Waals surface area contributed by atoms with E-state index in [0.717, 1.165) is 12.8 Å². The highest BCUT2D eigenvalue weighted by atomic mass is 19.1. The molecule has 3 rings (SSSR count). The number of rotatable bonds is 4. The lowest BCUT2D eigenvalue weighted by atomic mass is 10.1. The van der Waals surface area contributed by atoms with Crippen LogP contribution in [0.2, 0.25) is 0 Å². The number of piperazine rings is 1. The van der Waals surface area contributed by atoms with Crippen LogP contribution in [0.4, 0.5) is 4.39 Å². The highest BCUT2D eigenvalue weighted by molar-refractivity contribution is 5.94. The van der Waals surface area contributed by atoms with Crippen molar-refractivity contribution in [2.45, 2.75) is 31.8 Å². The lowest BCUT2D eigenvalue weighted by molar-refractivity contribution is -0.126. The molecule has 0 radical (unpaired) electrons. The zero-order valence-corrected chi connectivity index (χ0v) is 13.3. The van der Waals surface area contributed by atoms with Gasteiger partial charge in [0.2, 0.25) is 5.91 Å². The molecule has 5 nitrogen and oxygen atoms in total. The van der Waals surface area contributed by atoms with E-state index >= 15 is 0 Å². The van der Waals surface area contributed by atoms with Crippen LogP contribution >= 0.6 is 0 Å². The Labute approximate surface area is 135 Å². The Kier molecular flexibility index (Phi) is 4.61. The van der Waals surface area contributed by atoms with Crippen molar-refractivity contribution in [2.24, 2.45) is 0 Å². The molecule has 1 N–H and O–H groups in total. The predicted molar refractivity (Wildman–Crippen MR) is 84.5 cm³/mol. The molecule has 0 aromatic heterocycles. The highest BCUT2D eigenvalue weighted by Gasteiger charge is 2.31. The fourth-order valence-corrected chi connectivity index (χ4v) is 2.80. The van der Waals surface area contributed by atoms with Gasteiger partial charge in [0.05, 0.1) is 6.04 Å². The van der Waals surface area contributed by atoms with E-state index in [2.05, 4.69) is 10.2 Å². The molecule has 2 amide bonds. The molecule has 6 heteroatoms. The number of carbonyl (C=O) groups is 2. The molecule has 1 unspecified atom stereocenters. The van der Waals surface area contributed by atoms with Crippen molar-refractivity contribution in [2.75, 3.05) is 26.2 Å². The van der Waals surface area contributed by atoms with Crippen molar-refractivity contribution >= 4 is 11.8 Å². The number of carbonyl (C=O) groups excluding carboxylic acids is 2. The van der Waals surface area contributed by atoms with Crippen LogP contribution in [-0.2, 0) is 4.79 Å². The molecule has 0 bridgehead atoms. The normalized spacial score (nSPS) is 20.2. The van der Waals surface area contributed by atoms with E-state index in [1.165, 1.54) is 24.3 Å². The maximum absolute atomic E-state index is 12.9. The quantitative estimate of drug-likeness (QED) is 0.909. The highest BCUT2D eigenvalue weighted by Crippen LogP contribution is 2.19. The number of amides is 2. The van der Waals surface area contributed by atoms with Gasteiger partial charge in [0.25, 0.3) is 5.91 Å². The van der Waals surface area contributed by atoms with E-state index in [1.54, 1.807) is 4.90 Å². The molecule has 1 saturated heterocycles. The Morgan fingerprint density at radius 1 is 1.13 bits per heavy atom. The summed E-state index contributed by atoms with van der Waals surface area (Å²) in [5, 5.41) is 3.02. The predicted octanol–water partition coefficient (Wildman–Crippen LogP) is 1.25. The summed E-state index contributed by atoms with van der Waals surface area (Å²) in [7, 11) is 0. The van der Waals surface area contributed by atoms with Gasteiger partial charge < -0.3 is 10.2 Å². The van der Waals surface area contributed by atoms with Crippen LogP contribution in [0.5, 0.6) is 0 Å². The smallest absolute Gasteiger partial charge is 0.253 e. The summed E-state index contributed by atoms with van der Waals surface area (Å²) >= 11 is 0. The van der Waals surface area contributed by atoms with Crippen LogP contribution in [-0.4, -0.2) is 59.9 Å². The summed E-state index contributed by atoms with van der Waals surface area (Å²) < 4.78 is 12.9. The average Bonchev–Trinajstić information content (AvgIpc) is 3.38. The van der Waals surface area contributed by atoms with Gasteiger partial charge in [-0.1, -0.05) is 0 Å². The lowest BCUT2D eigenvalue weighted by Gasteiger charge is -2.37. The summed E-state index contributed by atoms with van der Waals surface area (Å²) in [6.07, 6.45) is 2.16. The van der Waals surface area contributed by atoms with Gasteiger partial charge in [-0.3, -0.25) is 14.5 Å². The Morgan fingerprint density at radius 2 is 1.74 bits per heavy atom. The third-order valence-electron chi connectivity index (χ3n) is 4.54. The number of nitrogens with zero attached hydrogens (tertiary/aromatic N) is 2. The van der Waals surface area contributed by atoms with Crippen LogP contribution in [0, 0.1) is 5.82 Å². The van der Waals surface area contributed by atoms with Crippen LogP contribution in [0.1, 0.15) is 30.1 Å². The first kappa shape index (κ1) is 15.9. The minimum Gasteiger partial charge on any atom is -0.352 e. The molecule has 124 valence electrons. The Morgan fingerprint density at radius 3 is 2.30 bits per heavy atom. The maximum atomic E-state index is 12.9. The Bertz CT molecular complexity index is 578. The van der Waals surface area contributed by atoms with Crippen LogP contribution in [0.15, 0.2) is 24.3 Å². The SMILES string of the molecule is CC(C(=O)NC1CC1)N1CCN(C(=O)c2ccc(F)cc2)CC1. The fraction of sp³-hybridized carbons (Fsp3) is 0.529. The van der Waals surface area contributed by atoms with E-state index in [-0.39, 0.29) is 23.7 Å². The van der Waals surface area contributed by atoms with Crippen LogP contribution < -0.4 is 5.32 Å². The second-order valence-corrected chi connectivity index (χ2v) is 6.29. The van der Waals surface area contributed by atoms with Crippen molar-refractivity contribution in [3.8, 4) is 0 Å². The summed E-state index contributed by atoms with van der Waals surface area (Å²) in [6, 6.07) is 5.82. The van der Waals surface area contributed by atoms with Crippen molar-refractivity contribution in [3.05, 3.63) is 35.6 Å². The standard InChI is InChI=1S/C17H22FN3O2/c1-12(16(22)19-15-6-7-15)20-8-10-21(11-9-20)17(23)13-2-4-14(18)5-3-13/h2-5,12,15H,6-11H2,1H3,(H,19,22). The molecule has 0 spiro atoms. The van der Waals surface area contributed by atoms with Gasteiger partial charge in [0.15, 0.2) is 0 Å². The molecule has 1 atom stereocenters. The van der Waals surface area contributed by atoms with Crippen molar-refractivity contribution < 1.29 is 14.0 Å². The first-order valence-corrected chi connectivity index (χ1v) is 8.14. The first-order valence-electron chi connectivity index (χ1n) is 8.14. The van der Waals surface area contributed by atoms with Crippen LogP contribution in [0.25, 0.3) is 0 Å². The molecule has 1 heterocycles. The molecular weight excluding hydrogens is 297 g/mol. The monoisotopic (exact) mass is 319 g/mol. The second kappa shape index (κ2) is 6.66. The van der Waals surface area contributed by atoms with E-state index in [4.69, 9.17) is 0 Å². The van der Waals surface area contributed by atoms with Crippen molar-refractivity contribution in [3.63, 3.8) is 0 Å². The topological polar surface area (TPSA) is 52.7 Å². The molecule has 1 saturated carbocycles. The number of hydrogen-bond donors (Lipinski definition) is 1. The summed E-state index contributed by atoms with van der Waals surface area (Å²) in [4.78, 5) is 28.3. The van der Waals surface area contributed by atoms with Crippen molar-refractivity contribution in [1.82, 2.24) is 15.1 Å². The minimum atomic E-state index is -0.345. The first-order chi connectivity index (χ1) is 11.0. The molecule has 1 aromatic carbocycles. The number of hydrogen-bond acceptors (Lipinski definition) is 3. The largest absolute Gasteiger partial charge is 0.352 e. The Hall–Kier alpha value is -1.95. The molecule has 1 aliphatic heterocycles. The molecular formula is C17H22FN3O2. The average molecular weight is 319 g/mol.